The average molecular weight is 340 g/mol. The standard InChI is InChI=1S/C17H20N6O2/c1-10(15-9-18-23(4)11(15)2)19-17(24)21-14-7-5-6-13(8-14)16-20-12(3)25-22-16/h5-10H,1-4H3,(H2,19,21,24)/t10-/m1/s1. The van der Waals surface area contributed by atoms with Crippen molar-refractivity contribution >= 4 is 11.7 Å². The summed E-state index contributed by atoms with van der Waals surface area (Å²) >= 11 is 0. The molecular weight excluding hydrogens is 320 g/mol. The zero-order chi connectivity index (χ0) is 18.0. The number of amides is 2. The van der Waals surface area contributed by atoms with Crippen LogP contribution in [0.2, 0.25) is 0 Å². The third kappa shape index (κ3) is 3.68. The fourth-order valence-corrected chi connectivity index (χ4v) is 2.53. The van der Waals surface area contributed by atoms with Crippen molar-refractivity contribution in [3.63, 3.8) is 0 Å². The van der Waals surface area contributed by atoms with Crippen LogP contribution in [0.25, 0.3) is 11.4 Å². The highest BCUT2D eigenvalue weighted by Crippen LogP contribution is 2.20. The number of hydrogen-bond donors (Lipinski definition) is 2. The minimum Gasteiger partial charge on any atom is -0.339 e. The molecule has 0 saturated carbocycles. The van der Waals surface area contributed by atoms with Crippen LogP contribution in [-0.2, 0) is 7.05 Å². The molecule has 8 heteroatoms. The molecule has 8 nitrogen and oxygen atoms in total. The number of nitrogens with one attached hydrogen (secondary N) is 2. The molecule has 1 atom stereocenters. The summed E-state index contributed by atoms with van der Waals surface area (Å²) in [6.45, 7) is 5.62. The van der Waals surface area contributed by atoms with Crippen molar-refractivity contribution in [1.82, 2.24) is 25.2 Å². The van der Waals surface area contributed by atoms with Crippen molar-refractivity contribution in [1.29, 1.82) is 0 Å². The first-order valence-electron chi connectivity index (χ1n) is 7.91. The molecule has 0 saturated heterocycles. The monoisotopic (exact) mass is 340 g/mol. The van der Waals surface area contributed by atoms with Crippen LogP contribution in [0.5, 0.6) is 0 Å². The number of anilines is 1. The number of carbonyl (C=O) groups excluding carboxylic acids is 1. The fraction of sp³-hybridized carbons (Fsp3) is 0.294. The summed E-state index contributed by atoms with van der Waals surface area (Å²) in [4.78, 5) is 16.5. The average Bonchev–Trinajstić information content (AvgIpc) is 3.14. The molecule has 0 aliphatic rings. The van der Waals surface area contributed by atoms with Crippen LogP contribution in [0.3, 0.4) is 0 Å². The fourth-order valence-electron chi connectivity index (χ4n) is 2.53. The van der Waals surface area contributed by atoms with Gasteiger partial charge in [0.1, 0.15) is 0 Å². The predicted octanol–water partition coefficient (Wildman–Crippen LogP) is 2.97. The van der Waals surface area contributed by atoms with E-state index in [0.717, 1.165) is 16.8 Å². The molecule has 0 aliphatic carbocycles. The quantitative estimate of drug-likeness (QED) is 0.761. The molecule has 0 fully saturated rings. The molecule has 25 heavy (non-hydrogen) atoms. The maximum atomic E-state index is 12.3. The molecule has 2 amide bonds. The third-order valence-corrected chi connectivity index (χ3v) is 3.99. The number of urea groups is 1. The second-order valence-electron chi connectivity index (χ2n) is 5.85. The minimum atomic E-state index is -0.294. The number of aromatic nitrogens is 4. The first-order valence-corrected chi connectivity index (χ1v) is 7.91. The van der Waals surface area contributed by atoms with Crippen LogP contribution in [0.4, 0.5) is 10.5 Å². The van der Waals surface area contributed by atoms with Crippen LogP contribution in [0.15, 0.2) is 35.0 Å². The van der Waals surface area contributed by atoms with E-state index in [1.165, 1.54) is 0 Å². The Morgan fingerprint density at radius 1 is 1.32 bits per heavy atom. The zero-order valence-electron chi connectivity index (χ0n) is 14.6. The number of aryl methyl sites for hydroxylation is 2. The van der Waals surface area contributed by atoms with E-state index in [9.17, 15) is 4.79 Å². The second-order valence-corrected chi connectivity index (χ2v) is 5.85. The smallest absolute Gasteiger partial charge is 0.319 e. The Morgan fingerprint density at radius 3 is 2.76 bits per heavy atom. The molecule has 2 aromatic heterocycles. The number of rotatable bonds is 4. The van der Waals surface area contributed by atoms with E-state index < -0.39 is 0 Å². The van der Waals surface area contributed by atoms with Gasteiger partial charge in [-0.3, -0.25) is 4.68 Å². The van der Waals surface area contributed by atoms with E-state index >= 15 is 0 Å². The van der Waals surface area contributed by atoms with Gasteiger partial charge in [-0.1, -0.05) is 17.3 Å². The summed E-state index contributed by atoms with van der Waals surface area (Å²) in [5, 5.41) is 13.8. The lowest BCUT2D eigenvalue weighted by atomic mass is 10.1. The summed E-state index contributed by atoms with van der Waals surface area (Å²) in [7, 11) is 1.87. The highest BCUT2D eigenvalue weighted by Gasteiger charge is 2.15. The van der Waals surface area contributed by atoms with Crippen LogP contribution in [0, 0.1) is 13.8 Å². The molecule has 0 bridgehead atoms. The molecule has 130 valence electrons. The highest BCUT2D eigenvalue weighted by molar-refractivity contribution is 5.90. The lowest BCUT2D eigenvalue weighted by Crippen LogP contribution is -2.31. The molecule has 0 aliphatic heterocycles. The van der Waals surface area contributed by atoms with Crippen LogP contribution in [-0.4, -0.2) is 26.0 Å². The van der Waals surface area contributed by atoms with Crippen LogP contribution < -0.4 is 10.6 Å². The summed E-state index contributed by atoms with van der Waals surface area (Å²) in [5.74, 6) is 0.979. The molecule has 0 spiro atoms. The van der Waals surface area contributed by atoms with Gasteiger partial charge in [-0.15, -0.1) is 0 Å². The number of benzene rings is 1. The van der Waals surface area contributed by atoms with E-state index in [0.29, 0.717) is 17.4 Å². The van der Waals surface area contributed by atoms with Crippen LogP contribution >= 0.6 is 0 Å². The minimum absolute atomic E-state index is 0.156. The third-order valence-electron chi connectivity index (χ3n) is 3.99. The van der Waals surface area contributed by atoms with Gasteiger partial charge in [-0.25, -0.2) is 4.79 Å². The Hall–Kier alpha value is -3.16. The van der Waals surface area contributed by atoms with Gasteiger partial charge >= 0.3 is 6.03 Å². The maximum absolute atomic E-state index is 12.3. The van der Waals surface area contributed by atoms with Crippen molar-refractivity contribution in [2.45, 2.75) is 26.8 Å². The molecule has 2 N–H and O–H groups in total. The van der Waals surface area contributed by atoms with E-state index in [1.807, 2.05) is 33.0 Å². The van der Waals surface area contributed by atoms with Crippen molar-refractivity contribution in [3.05, 3.63) is 47.6 Å². The first kappa shape index (κ1) is 16.7. The van der Waals surface area contributed by atoms with Gasteiger partial charge in [0.05, 0.1) is 12.2 Å². The second kappa shape index (κ2) is 6.76. The van der Waals surface area contributed by atoms with Crippen molar-refractivity contribution < 1.29 is 9.32 Å². The molecule has 1 aromatic carbocycles. The van der Waals surface area contributed by atoms with Gasteiger partial charge in [-0.2, -0.15) is 10.1 Å². The SMILES string of the molecule is Cc1nc(-c2cccc(NC(=O)N[C@H](C)c3cnn(C)c3C)c2)no1. The van der Waals surface area contributed by atoms with Crippen molar-refractivity contribution in [3.8, 4) is 11.4 Å². The summed E-state index contributed by atoms with van der Waals surface area (Å²) in [6.07, 6.45) is 1.76. The number of carbonyl (C=O) groups is 1. The Labute approximate surface area is 145 Å². The van der Waals surface area contributed by atoms with Crippen molar-refractivity contribution in [2.24, 2.45) is 7.05 Å². The van der Waals surface area contributed by atoms with Gasteiger partial charge in [-0.05, 0) is 26.0 Å². The van der Waals surface area contributed by atoms with Crippen LogP contribution in [0.1, 0.15) is 30.1 Å². The largest absolute Gasteiger partial charge is 0.339 e. The first-order chi connectivity index (χ1) is 11.9. The molecule has 0 unspecified atom stereocenters. The topological polar surface area (TPSA) is 97.9 Å². The normalized spacial score (nSPS) is 12.0. The highest BCUT2D eigenvalue weighted by atomic mass is 16.5. The van der Waals surface area contributed by atoms with Crippen molar-refractivity contribution in [2.75, 3.05) is 5.32 Å². The Bertz CT molecular complexity index is 898. The lowest BCUT2D eigenvalue weighted by Gasteiger charge is -2.14. The van der Waals surface area contributed by atoms with Gasteiger partial charge in [0, 0.05) is 36.5 Å². The van der Waals surface area contributed by atoms with Gasteiger partial charge in [0.15, 0.2) is 0 Å². The molecule has 2 heterocycles. The maximum Gasteiger partial charge on any atom is 0.319 e. The Morgan fingerprint density at radius 2 is 2.12 bits per heavy atom. The number of hydrogen-bond acceptors (Lipinski definition) is 5. The summed E-state index contributed by atoms with van der Waals surface area (Å²) in [6, 6.07) is 6.83. The van der Waals surface area contributed by atoms with Gasteiger partial charge in [0.25, 0.3) is 0 Å². The molecular formula is C17H20N6O2. The Kier molecular flexibility index (Phi) is 4.51. The van der Waals surface area contributed by atoms with Gasteiger partial charge < -0.3 is 15.2 Å². The molecule has 3 aromatic rings. The summed E-state index contributed by atoms with van der Waals surface area (Å²) in [5.41, 5.74) is 3.41. The Balaban J connectivity index is 1.68. The van der Waals surface area contributed by atoms with E-state index in [4.69, 9.17) is 4.52 Å². The van der Waals surface area contributed by atoms with E-state index in [1.54, 1.807) is 29.9 Å². The lowest BCUT2D eigenvalue weighted by molar-refractivity contribution is 0.249. The van der Waals surface area contributed by atoms with Gasteiger partial charge in [0.2, 0.25) is 11.7 Å². The predicted molar refractivity (Wildman–Crippen MR) is 93.0 cm³/mol. The molecule has 3 rings (SSSR count). The summed E-state index contributed by atoms with van der Waals surface area (Å²) < 4.78 is 6.77. The van der Waals surface area contributed by atoms with E-state index in [-0.39, 0.29) is 12.1 Å². The van der Waals surface area contributed by atoms with E-state index in [2.05, 4.69) is 25.9 Å². The molecule has 0 radical (unpaired) electrons. The zero-order valence-corrected chi connectivity index (χ0v) is 14.6. The number of nitrogens with zero attached hydrogens (tertiary/aromatic N) is 4.